The second-order valence-electron chi connectivity index (χ2n) is 5.36. The van der Waals surface area contributed by atoms with E-state index in [0.717, 1.165) is 6.07 Å². The van der Waals surface area contributed by atoms with E-state index in [1.165, 1.54) is 6.07 Å². The molecule has 0 aliphatic rings. The van der Waals surface area contributed by atoms with Gasteiger partial charge in [-0.1, -0.05) is 24.3 Å². The van der Waals surface area contributed by atoms with Crippen LogP contribution in [-0.4, -0.2) is 15.3 Å². The number of hydrogen-bond acceptors (Lipinski definition) is 6. The molecule has 5 N–H and O–H groups in total. The predicted molar refractivity (Wildman–Crippen MR) is 89.1 cm³/mol. The Hall–Kier alpha value is -3.32. The molecule has 0 unspecified atom stereocenters. The maximum atomic E-state index is 12.0. The van der Waals surface area contributed by atoms with Crippen LogP contribution < -0.4 is 15.7 Å². The molecule has 0 amide bonds. The van der Waals surface area contributed by atoms with E-state index in [4.69, 9.17) is 4.42 Å². The molecule has 128 valence electrons. The van der Waals surface area contributed by atoms with Crippen molar-refractivity contribution in [2.24, 2.45) is 0 Å². The highest BCUT2D eigenvalue weighted by Gasteiger charge is 2.29. The molecule has 1 atom stereocenters. The molecule has 0 bridgehead atoms. The van der Waals surface area contributed by atoms with Crippen molar-refractivity contribution in [2.75, 3.05) is 5.32 Å². The van der Waals surface area contributed by atoms with Crippen LogP contribution in [0.1, 0.15) is 23.1 Å². The summed E-state index contributed by atoms with van der Waals surface area (Å²) >= 11 is 0. The molecule has 0 saturated carbocycles. The molecule has 0 saturated heterocycles. The van der Waals surface area contributed by atoms with Crippen LogP contribution in [0.4, 0.5) is 5.82 Å². The highest BCUT2D eigenvalue weighted by Crippen LogP contribution is 2.34. The number of H-pyrrole nitrogens is 1. The van der Waals surface area contributed by atoms with Gasteiger partial charge in [-0.05, 0) is 12.1 Å². The average Bonchev–Trinajstić information content (AvgIpc) is 2.63. The number of aromatic hydroxyl groups is 2. The van der Waals surface area contributed by atoms with Crippen molar-refractivity contribution in [3.05, 3.63) is 82.0 Å². The second-order valence-corrected chi connectivity index (χ2v) is 5.36. The van der Waals surface area contributed by atoms with E-state index in [-0.39, 0.29) is 17.3 Å². The Labute approximate surface area is 142 Å². The first-order chi connectivity index (χ1) is 12.1. The lowest BCUT2D eigenvalue weighted by Crippen LogP contribution is -2.20. The quantitative estimate of drug-likeness (QED) is 0.559. The minimum absolute atomic E-state index is 0.0112. The van der Waals surface area contributed by atoms with E-state index in [1.807, 2.05) is 0 Å². The molecule has 2 heterocycles. The van der Waals surface area contributed by atoms with Crippen LogP contribution in [0.3, 0.4) is 0 Å². The molecule has 0 spiro atoms. The lowest BCUT2D eigenvalue weighted by atomic mass is 10.0. The number of aliphatic hydroxyl groups excluding tert-OH is 1. The van der Waals surface area contributed by atoms with E-state index in [1.54, 1.807) is 42.6 Å². The van der Waals surface area contributed by atoms with Crippen molar-refractivity contribution in [3.63, 3.8) is 0 Å². The summed E-state index contributed by atoms with van der Waals surface area (Å²) < 4.78 is 5.49. The van der Waals surface area contributed by atoms with Gasteiger partial charge < -0.3 is 19.7 Å². The molecule has 2 aromatic heterocycles. The number of anilines is 1. The Morgan fingerprint density at radius 3 is 2.56 bits per heavy atom. The van der Waals surface area contributed by atoms with Crippen molar-refractivity contribution in [3.8, 4) is 11.5 Å². The molecule has 0 fully saturated rings. The van der Waals surface area contributed by atoms with Crippen molar-refractivity contribution in [2.45, 2.75) is 12.6 Å². The summed E-state index contributed by atoms with van der Waals surface area (Å²) in [5.41, 5.74) is -0.280. The fraction of sp³-hybridized carbons (Fsp3) is 0.111. The molecule has 3 rings (SSSR count). The maximum Gasteiger partial charge on any atom is 0.273 e. The van der Waals surface area contributed by atoms with Gasteiger partial charge in [0.15, 0.2) is 11.8 Å². The minimum Gasteiger partial charge on any atom is -0.507 e. The van der Waals surface area contributed by atoms with Crippen molar-refractivity contribution >= 4 is 5.82 Å². The third kappa shape index (κ3) is 3.46. The zero-order valence-corrected chi connectivity index (χ0v) is 13.1. The number of phenols is 1. The van der Waals surface area contributed by atoms with E-state index >= 15 is 0 Å². The number of hydrogen-bond donors (Lipinski definition) is 4. The number of aromatic nitrogens is 1. The molecule has 0 radical (unpaired) electrons. The lowest BCUT2D eigenvalue weighted by Gasteiger charge is -2.16. The van der Waals surface area contributed by atoms with E-state index in [0.29, 0.717) is 11.4 Å². The van der Waals surface area contributed by atoms with Crippen LogP contribution in [0, 0.1) is 0 Å². The third-order valence-electron chi connectivity index (χ3n) is 3.67. The SMILES string of the molecule is O=c1cc(CO)oc([C@H](Nc2cccc[nH+]2)c2ccccc2O)c1O. The van der Waals surface area contributed by atoms with Gasteiger partial charge in [0.05, 0.1) is 6.20 Å². The van der Waals surface area contributed by atoms with Gasteiger partial charge in [-0.25, -0.2) is 4.98 Å². The Bertz CT molecular complexity index is 924. The van der Waals surface area contributed by atoms with Crippen LogP contribution in [0.5, 0.6) is 11.5 Å². The summed E-state index contributed by atoms with van der Waals surface area (Å²) in [5.74, 6) is -0.138. The molecule has 0 aliphatic heterocycles. The fourth-order valence-electron chi connectivity index (χ4n) is 2.48. The zero-order chi connectivity index (χ0) is 17.8. The van der Waals surface area contributed by atoms with Crippen LogP contribution in [0.25, 0.3) is 0 Å². The van der Waals surface area contributed by atoms with Crippen LogP contribution in [0.2, 0.25) is 0 Å². The molecular formula is C18H17N2O5+. The summed E-state index contributed by atoms with van der Waals surface area (Å²) in [6.07, 6.45) is 1.70. The monoisotopic (exact) mass is 341 g/mol. The van der Waals surface area contributed by atoms with Gasteiger partial charge in [-0.15, -0.1) is 0 Å². The normalized spacial score (nSPS) is 11.9. The van der Waals surface area contributed by atoms with Crippen LogP contribution >= 0.6 is 0 Å². The van der Waals surface area contributed by atoms with Crippen LogP contribution in [0.15, 0.2) is 63.9 Å². The number of rotatable bonds is 5. The summed E-state index contributed by atoms with van der Waals surface area (Å²) in [5, 5.41) is 32.8. The average molecular weight is 341 g/mol. The molecule has 3 aromatic rings. The standard InChI is InChI=1S/C18H16N2O5/c21-10-11-9-14(23)17(24)18(25-11)16(12-5-1-2-6-13(12)22)20-15-7-3-4-8-19-15/h1-9,16,21-22,24H,10H2,(H,19,20)/p+1/t16-/m1/s1. The van der Waals surface area contributed by atoms with Crippen molar-refractivity contribution in [1.82, 2.24) is 0 Å². The highest BCUT2D eigenvalue weighted by atomic mass is 16.4. The Kier molecular flexibility index (Phi) is 4.67. The van der Waals surface area contributed by atoms with Gasteiger partial charge in [-0.3, -0.25) is 10.1 Å². The van der Waals surface area contributed by atoms with Crippen LogP contribution in [-0.2, 0) is 6.61 Å². The van der Waals surface area contributed by atoms with Crippen molar-refractivity contribution in [1.29, 1.82) is 0 Å². The summed E-state index contributed by atoms with van der Waals surface area (Å²) in [6.45, 7) is -0.493. The Balaban J connectivity index is 2.16. The van der Waals surface area contributed by atoms with Gasteiger partial charge in [-0.2, -0.15) is 0 Å². The Morgan fingerprint density at radius 1 is 1.12 bits per heavy atom. The van der Waals surface area contributed by atoms with Crippen molar-refractivity contribution < 1.29 is 24.7 Å². The summed E-state index contributed by atoms with van der Waals surface area (Å²) in [7, 11) is 0. The Morgan fingerprint density at radius 2 is 1.88 bits per heavy atom. The summed E-state index contributed by atoms with van der Waals surface area (Å²) in [4.78, 5) is 15.0. The van der Waals surface area contributed by atoms with Gasteiger partial charge in [0, 0.05) is 17.7 Å². The van der Waals surface area contributed by atoms with Gasteiger partial charge in [0.1, 0.15) is 18.1 Å². The lowest BCUT2D eigenvalue weighted by molar-refractivity contribution is -0.361. The minimum atomic E-state index is -0.862. The molecule has 1 aromatic carbocycles. The smallest absolute Gasteiger partial charge is 0.273 e. The first-order valence-electron chi connectivity index (χ1n) is 7.58. The first kappa shape index (κ1) is 16.5. The first-order valence-corrected chi connectivity index (χ1v) is 7.58. The number of pyridine rings is 1. The zero-order valence-electron chi connectivity index (χ0n) is 13.1. The highest BCUT2D eigenvalue weighted by molar-refractivity contribution is 5.47. The number of para-hydroxylation sites is 1. The molecule has 0 aliphatic carbocycles. The van der Waals surface area contributed by atoms with Gasteiger partial charge in [0.2, 0.25) is 11.2 Å². The largest absolute Gasteiger partial charge is 0.507 e. The fourth-order valence-corrected chi connectivity index (χ4v) is 2.48. The number of aromatic amines is 1. The number of phenolic OH excluding ortho intramolecular Hbond substituents is 1. The second kappa shape index (κ2) is 7.06. The topological polar surface area (TPSA) is 117 Å². The molecule has 7 heteroatoms. The number of benzene rings is 1. The summed E-state index contributed by atoms with van der Waals surface area (Å²) in [6, 6.07) is 12.0. The van der Waals surface area contributed by atoms with E-state index in [9.17, 15) is 20.1 Å². The number of aliphatic hydroxyl groups is 1. The third-order valence-corrected chi connectivity index (χ3v) is 3.67. The molecule has 7 nitrogen and oxygen atoms in total. The number of nitrogens with one attached hydrogen (secondary N) is 2. The molecule has 25 heavy (non-hydrogen) atoms. The van der Waals surface area contributed by atoms with Gasteiger partial charge >= 0.3 is 0 Å². The van der Waals surface area contributed by atoms with E-state index < -0.39 is 23.8 Å². The predicted octanol–water partition coefficient (Wildman–Crippen LogP) is 1.56. The maximum absolute atomic E-state index is 12.0. The van der Waals surface area contributed by atoms with E-state index in [2.05, 4.69) is 10.3 Å². The van der Waals surface area contributed by atoms with Gasteiger partial charge in [0.25, 0.3) is 5.82 Å². The molecular weight excluding hydrogens is 324 g/mol.